The van der Waals surface area contributed by atoms with Crippen molar-refractivity contribution >= 4 is 17.8 Å². The van der Waals surface area contributed by atoms with Gasteiger partial charge in [-0.3, -0.25) is 9.59 Å². The lowest BCUT2D eigenvalue weighted by Crippen LogP contribution is -2.49. The van der Waals surface area contributed by atoms with E-state index in [2.05, 4.69) is 15.2 Å². The Morgan fingerprint density at radius 2 is 2.04 bits per heavy atom. The van der Waals surface area contributed by atoms with Gasteiger partial charge in [0.15, 0.2) is 5.96 Å². The smallest absolute Gasteiger partial charge is 0.310 e. The largest absolute Gasteiger partial charge is 0.466 e. The molecular formula is C18H34N4O4. The van der Waals surface area contributed by atoms with Crippen molar-refractivity contribution in [1.82, 2.24) is 15.1 Å². The first kappa shape index (κ1) is 22.2. The number of piperidine rings is 1. The Kier molecular flexibility index (Phi) is 10.7. The van der Waals surface area contributed by atoms with E-state index in [1.165, 1.54) is 4.90 Å². The maximum absolute atomic E-state index is 12.1. The Labute approximate surface area is 156 Å². The van der Waals surface area contributed by atoms with Crippen molar-refractivity contribution in [3.8, 4) is 0 Å². The van der Waals surface area contributed by atoms with Crippen LogP contribution < -0.4 is 5.32 Å². The number of rotatable bonds is 9. The summed E-state index contributed by atoms with van der Waals surface area (Å²) in [5, 5.41) is 3.31. The molecule has 150 valence electrons. The second kappa shape index (κ2) is 12.5. The molecule has 0 aromatic carbocycles. The first-order valence-electron chi connectivity index (χ1n) is 9.47. The molecular weight excluding hydrogens is 336 g/mol. The van der Waals surface area contributed by atoms with Gasteiger partial charge in [-0.2, -0.15) is 0 Å². The minimum atomic E-state index is -0.155. The Morgan fingerprint density at radius 3 is 2.69 bits per heavy atom. The van der Waals surface area contributed by atoms with E-state index in [0.717, 1.165) is 25.8 Å². The quantitative estimate of drug-likeness (QED) is 0.279. The third-order valence-electron chi connectivity index (χ3n) is 4.16. The number of esters is 1. The van der Waals surface area contributed by atoms with Crippen LogP contribution in [0.1, 0.15) is 33.1 Å². The fourth-order valence-electron chi connectivity index (χ4n) is 2.69. The molecule has 0 aliphatic carbocycles. The zero-order chi connectivity index (χ0) is 19.4. The van der Waals surface area contributed by atoms with Crippen LogP contribution in [-0.4, -0.2) is 87.7 Å². The molecule has 26 heavy (non-hydrogen) atoms. The first-order valence-corrected chi connectivity index (χ1v) is 9.47. The zero-order valence-electron chi connectivity index (χ0n) is 16.6. The topological polar surface area (TPSA) is 83.5 Å². The van der Waals surface area contributed by atoms with Crippen molar-refractivity contribution in [1.29, 1.82) is 0 Å². The number of likely N-dealkylation sites (N-methyl/N-ethyl adjacent to an activating group) is 1. The maximum Gasteiger partial charge on any atom is 0.310 e. The third-order valence-corrected chi connectivity index (χ3v) is 4.16. The van der Waals surface area contributed by atoms with Crippen molar-refractivity contribution in [2.24, 2.45) is 10.9 Å². The number of hydrogen-bond donors (Lipinski definition) is 1. The minimum absolute atomic E-state index is 0.0578. The Bertz CT molecular complexity index is 468. The lowest BCUT2D eigenvalue weighted by Gasteiger charge is -2.34. The van der Waals surface area contributed by atoms with Crippen LogP contribution in [0.25, 0.3) is 0 Å². The van der Waals surface area contributed by atoms with Gasteiger partial charge >= 0.3 is 5.97 Å². The molecule has 8 nitrogen and oxygen atoms in total. The number of likely N-dealkylation sites (tertiary alicyclic amines) is 1. The van der Waals surface area contributed by atoms with Gasteiger partial charge in [0, 0.05) is 46.9 Å². The van der Waals surface area contributed by atoms with Gasteiger partial charge in [-0.1, -0.05) is 0 Å². The summed E-state index contributed by atoms with van der Waals surface area (Å²) in [6, 6.07) is 0. The van der Waals surface area contributed by atoms with Crippen LogP contribution in [0, 0.1) is 5.92 Å². The van der Waals surface area contributed by atoms with E-state index in [4.69, 9.17) is 9.47 Å². The molecule has 1 unspecified atom stereocenters. The Hall–Kier alpha value is -1.83. The van der Waals surface area contributed by atoms with E-state index < -0.39 is 0 Å². The van der Waals surface area contributed by atoms with Crippen LogP contribution in [0.5, 0.6) is 0 Å². The fourth-order valence-corrected chi connectivity index (χ4v) is 2.69. The number of ether oxygens (including phenoxy) is 2. The molecule has 1 heterocycles. The summed E-state index contributed by atoms with van der Waals surface area (Å²) in [6.45, 7) is 7.72. The normalized spacial score (nSPS) is 17.8. The molecule has 0 aromatic rings. The monoisotopic (exact) mass is 370 g/mol. The highest BCUT2D eigenvalue weighted by molar-refractivity contribution is 5.85. The van der Waals surface area contributed by atoms with Crippen LogP contribution in [-0.2, 0) is 19.1 Å². The molecule has 1 rings (SSSR count). The van der Waals surface area contributed by atoms with E-state index in [9.17, 15) is 9.59 Å². The zero-order valence-corrected chi connectivity index (χ0v) is 16.6. The molecule has 1 atom stereocenters. The van der Waals surface area contributed by atoms with E-state index in [-0.39, 0.29) is 24.3 Å². The Balaban J connectivity index is 2.70. The highest BCUT2D eigenvalue weighted by Crippen LogP contribution is 2.18. The fraction of sp³-hybridized carbons (Fsp3) is 0.833. The molecule has 0 saturated carbocycles. The predicted molar refractivity (Wildman–Crippen MR) is 101 cm³/mol. The number of carbonyl (C=O) groups is 2. The molecule has 1 aliphatic rings. The average Bonchev–Trinajstić information content (AvgIpc) is 2.64. The number of nitrogens with one attached hydrogen (secondary N) is 1. The molecule has 0 spiro atoms. The lowest BCUT2D eigenvalue weighted by atomic mass is 9.98. The van der Waals surface area contributed by atoms with E-state index in [1.54, 1.807) is 14.1 Å². The summed E-state index contributed by atoms with van der Waals surface area (Å²) >= 11 is 0. The van der Waals surface area contributed by atoms with Crippen LogP contribution >= 0.6 is 0 Å². The van der Waals surface area contributed by atoms with Gasteiger partial charge in [0.05, 0.1) is 12.5 Å². The van der Waals surface area contributed by atoms with Crippen LogP contribution in [0.3, 0.4) is 0 Å². The summed E-state index contributed by atoms with van der Waals surface area (Å²) < 4.78 is 10.5. The molecule has 0 radical (unpaired) electrons. The van der Waals surface area contributed by atoms with Crippen LogP contribution in [0.4, 0.5) is 0 Å². The number of amides is 1. The number of nitrogens with zero attached hydrogens (tertiary/aromatic N) is 3. The SMILES string of the molecule is CCOCCCNC(=NCC(=O)N(C)C)N1CCCC(C(=O)OCC)C1. The van der Waals surface area contributed by atoms with Crippen molar-refractivity contribution in [3.63, 3.8) is 0 Å². The van der Waals surface area contributed by atoms with E-state index in [0.29, 0.717) is 38.9 Å². The number of carbonyl (C=O) groups excluding carboxylic acids is 2. The number of guanidine groups is 1. The van der Waals surface area contributed by atoms with Gasteiger partial charge in [0.1, 0.15) is 6.54 Å². The summed E-state index contributed by atoms with van der Waals surface area (Å²) in [5.74, 6) is 0.309. The summed E-state index contributed by atoms with van der Waals surface area (Å²) in [5.41, 5.74) is 0. The Morgan fingerprint density at radius 1 is 1.27 bits per heavy atom. The average molecular weight is 370 g/mol. The summed E-state index contributed by atoms with van der Waals surface area (Å²) in [6.07, 6.45) is 2.57. The molecule has 1 N–H and O–H groups in total. The van der Waals surface area contributed by atoms with Crippen LogP contribution in [0.15, 0.2) is 4.99 Å². The first-order chi connectivity index (χ1) is 12.5. The van der Waals surface area contributed by atoms with Crippen LogP contribution in [0.2, 0.25) is 0 Å². The maximum atomic E-state index is 12.1. The van der Waals surface area contributed by atoms with Crippen molar-refractivity contribution in [3.05, 3.63) is 0 Å². The van der Waals surface area contributed by atoms with Crippen molar-refractivity contribution in [2.75, 3.05) is 60.1 Å². The van der Waals surface area contributed by atoms with Gasteiger partial charge in [0.2, 0.25) is 5.91 Å². The second-order valence-corrected chi connectivity index (χ2v) is 6.44. The van der Waals surface area contributed by atoms with Gasteiger partial charge in [-0.15, -0.1) is 0 Å². The third kappa shape index (κ3) is 8.03. The predicted octanol–water partition coefficient (Wildman–Crippen LogP) is 0.722. The number of hydrogen-bond acceptors (Lipinski definition) is 5. The van der Waals surface area contributed by atoms with Crippen molar-refractivity contribution in [2.45, 2.75) is 33.1 Å². The van der Waals surface area contributed by atoms with Gasteiger partial charge in [-0.25, -0.2) is 4.99 Å². The lowest BCUT2D eigenvalue weighted by molar-refractivity contribution is -0.149. The van der Waals surface area contributed by atoms with E-state index in [1.807, 2.05) is 13.8 Å². The number of aliphatic imine (C=N–C) groups is 1. The molecule has 0 bridgehead atoms. The molecule has 1 amide bonds. The van der Waals surface area contributed by atoms with Gasteiger partial charge in [-0.05, 0) is 33.1 Å². The standard InChI is InChI=1S/C18H34N4O4/c1-5-25-12-8-10-19-18(20-13-16(23)21(3)4)22-11-7-9-15(14-22)17(24)26-6-2/h15H,5-14H2,1-4H3,(H,19,20). The molecule has 8 heteroatoms. The van der Waals surface area contributed by atoms with Gasteiger partial charge in [0.25, 0.3) is 0 Å². The van der Waals surface area contributed by atoms with E-state index >= 15 is 0 Å². The summed E-state index contributed by atoms with van der Waals surface area (Å²) in [4.78, 5) is 32.0. The highest BCUT2D eigenvalue weighted by Gasteiger charge is 2.28. The molecule has 1 saturated heterocycles. The molecule has 0 aromatic heterocycles. The minimum Gasteiger partial charge on any atom is -0.466 e. The second-order valence-electron chi connectivity index (χ2n) is 6.44. The molecule has 1 aliphatic heterocycles. The van der Waals surface area contributed by atoms with Crippen molar-refractivity contribution < 1.29 is 19.1 Å². The van der Waals surface area contributed by atoms with Gasteiger partial charge < -0.3 is 24.6 Å². The summed E-state index contributed by atoms with van der Waals surface area (Å²) in [7, 11) is 3.43. The molecule has 1 fully saturated rings. The highest BCUT2D eigenvalue weighted by atomic mass is 16.5.